The van der Waals surface area contributed by atoms with Crippen molar-refractivity contribution in [3.8, 4) is 5.88 Å². The molecule has 0 atom stereocenters. The molecule has 0 unspecified atom stereocenters. The number of rotatable bonds is 5. The van der Waals surface area contributed by atoms with Gasteiger partial charge in [0, 0.05) is 23.8 Å². The normalized spacial score (nSPS) is 15.9. The monoisotopic (exact) mass is 234 g/mol. The Bertz CT molecular complexity index is 367. The van der Waals surface area contributed by atoms with Crippen molar-refractivity contribution >= 4 is 0 Å². The fraction of sp³-hybridized carbons (Fsp3) is 0.643. The molecule has 17 heavy (non-hydrogen) atoms. The zero-order valence-electron chi connectivity index (χ0n) is 11.0. The molecule has 1 N–H and O–H groups in total. The van der Waals surface area contributed by atoms with Crippen molar-refractivity contribution < 1.29 is 4.74 Å². The standard InChI is InChI=1S/C14H22N2O/c1-14(2,3)16-9-12-5-4-8-15-13(12)17-10-11-6-7-11/h4-5,8,11,16H,6-7,9-10H2,1-3H3. The Morgan fingerprint density at radius 3 is 2.82 bits per heavy atom. The van der Waals surface area contributed by atoms with Gasteiger partial charge in [-0.25, -0.2) is 4.98 Å². The van der Waals surface area contributed by atoms with Crippen molar-refractivity contribution in [3.05, 3.63) is 23.9 Å². The molecule has 1 fully saturated rings. The Balaban J connectivity index is 1.94. The van der Waals surface area contributed by atoms with Crippen molar-refractivity contribution in [2.45, 2.75) is 45.7 Å². The van der Waals surface area contributed by atoms with Gasteiger partial charge in [0.05, 0.1) is 6.61 Å². The molecular formula is C14H22N2O. The van der Waals surface area contributed by atoms with Crippen LogP contribution in [0, 0.1) is 5.92 Å². The van der Waals surface area contributed by atoms with E-state index in [1.807, 2.05) is 6.07 Å². The second kappa shape index (κ2) is 5.05. The molecule has 0 spiro atoms. The highest BCUT2D eigenvalue weighted by Crippen LogP contribution is 2.29. The third-order valence-corrected chi connectivity index (χ3v) is 2.81. The molecule has 0 aliphatic heterocycles. The summed E-state index contributed by atoms with van der Waals surface area (Å²) < 4.78 is 5.78. The highest BCUT2D eigenvalue weighted by molar-refractivity contribution is 5.25. The number of hydrogen-bond donors (Lipinski definition) is 1. The summed E-state index contributed by atoms with van der Waals surface area (Å²) in [6, 6.07) is 4.04. The number of aromatic nitrogens is 1. The SMILES string of the molecule is CC(C)(C)NCc1cccnc1OCC1CC1. The van der Waals surface area contributed by atoms with Crippen LogP contribution in [0.5, 0.6) is 5.88 Å². The van der Waals surface area contributed by atoms with Gasteiger partial charge in [-0.15, -0.1) is 0 Å². The molecule has 1 saturated carbocycles. The van der Waals surface area contributed by atoms with Crippen LogP contribution in [0.4, 0.5) is 0 Å². The van der Waals surface area contributed by atoms with E-state index in [4.69, 9.17) is 4.74 Å². The van der Waals surface area contributed by atoms with Gasteiger partial charge in [-0.1, -0.05) is 6.07 Å². The minimum Gasteiger partial charge on any atom is -0.477 e. The molecule has 0 aromatic carbocycles. The molecule has 0 radical (unpaired) electrons. The lowest BCUT2D eigenvalue weighted by atomic mass is 10.1. The largest absolute Gasteiger partial charge is 0.477 e. The predicted octanol–water partition coefficient (Wildman–Crippen LogP) is 2.76. The Morgan fingerprint density at radius 2 is 2.18 bits per heavy atom. The number of ether oxygens (including phenoxy) is 1. The van der Waals surface area contributed by atoms with Gasteiger partial charge in [-0.05, 0) is 45.6 Å². The molecule has 94 valence electrons. The van der Waals surface area contributed by atoms with E-state index in [0.717, 1.165) is 30.5 Å². The molecule has 1 aromatic rings. The fourth-order valence-electron chi connectivity index (χ4n) is 1.53. The zero-order chi connectivity index (χ0) is 12.3. The molecule has 1 heterocycles. The maximum absolute atomic E-state index is 5.78. The Labute approximate surface area is 104 Å². The predicted molar refractivity (Wildman–Crippen MR) is 69.0 cm³/mol. The summed E-state index contributed by atoms with van der Waals surface area (Å²) in [7, 11) is 0. The highest BCUT2D eigenvalue weighted by atomic mass is 16.5. The average molecular weight is 234 g/mol. The van der Waals surface area contributed by atoms with Crippen LogP contribution in [0.2, 0.25) is 0 Å². The van der Waals surface area contributed by atoms with E-state index in [2.05, 4.69) is 37.1 Å². The fourth-order valence-corrected chi connectivity index (χ4v) is 1.53. The first-order valence-corrected chi connectivity index (χ1v) is 6.36. The van der Waals surface area contributed by atoms with Gasteiger partial charge in [-0.2, -0.15) is 0 Å². The lowest BCUT2D eigenvalue weighted by molar-refractivity contribution is 0.283. The number of nitrogens with zero attached hydrogens (tertiary/aromatic N) is 1. The van der Waals surface area contributed by atoms with Crippen LogP contribution in [0.25, 0.3) is 0 Å². The average Bonchev–Trinajstić information content (AvgIpc) is 3.07. The van der Waals surface area contributed by atoms with Gasteiger partial charge < -0.3 is 10.1 Å². The summed E-state index contributed by atoms with van der Waals surface area (Å²) in [5, 5.41) is 3.46. The van der Waals surface area contributed by atoms with Crippen LogP contribution in [-0.2, 0) is 6.54 Å². The first kappa shape index (κ1) is 12.4. The van der Waals surface area contributed by atoms with Gasteiger partial charge >= 0.3 is 0 Å². The quantitative estimate of drug-likeness (QED) is 0.850. The van der Waals surface area contributed by atoms with Crippen LogP contribution in [0.1, 0.15) is 39.2 Å². The second-order valence-electron chi connectivity index (χ2n) is 5.83. The van der Waals surface area contributed by atoms with E-state index >= 15 is 0 Å². The van der Waals surface area contributed by atoms with Gasteiger partial charge in [-0.3, -0.25) is 0 Å². The van der Waals surface area contributed by atoms with Crippen LogP contribution in [0.15, 0.2) is 18.3 Å². The van der Waals surface area contributed by atoms with E-state index in [0.29, 0.717) is 0 Å². The zero-order valence-corrected chi connectivity index (χ0v) is 11.0. The summed E-state index contributed by atoms with van der Waals surface area (Å²) >= 11 is 0. The molecule has 1 aliphatic rings. The maximum atomic E-state index is 5.78. The molecule has 3 nitrogen and oxygen atoms in total. The van der Waals surface area contributed by atoms with Crippen LogP contribution >= 0.6 is 0 Å². The highest BCUT2D eigenvalue weighted by Gasteiger charge is 2.22. The summed E-state index contributed by atoms with van der Waals surface area (Å²) in [6.07, 6.45) is 4.41. The van der Waals surface area contributed by atoms with Gasteiger partial charge in [0.2, 0.25) is 5.88 Å². The second-order valence-corrected chi connectivity index (χ2v) is 5.83. The van der Waals surface area contributed by atoms with E-state index in [1.165, 1.54) is 12.8 Å². The van der Waals surface area contributed by atoms with E-state index in [9.17, 15) is 0 Å². The lowest BCUT2D eigenvalue weighted by Gasteiger charge is -2.21. The van der Waals surface area contributed by atoms with Crippen molar-refractivity contribution in [3.63, 3.8) is 0 Å². The van der Waals surface area contributed by atoms with Crippen molar-refractivity contribution in [1.82, 2.24) is 10.3 Å². The molecule has 0 saturated heterocycles. The van der Waals surface area contributed by atoms with Crippen molar-refractivity contribution in [1.29, 1.82) is 0 Å². The van der Waals surface area contributed by atoms with Gasteiger partial charge in [0.15, 0.2) is 0 Å². The first-order chi connectivity index (χ1) is 8.04. The Kier molecular flexibility index (Phi) is 3.67. The van der Waals surface area contributed by atoms with Crippen molar-refractivity contribution in [2.24, 2.45) is 5.92 Å². The smallest absolute Gasteiger partial charge is 0.217 e. The van der Waals surface area contributed by atoms with E-state index < -0.39 is 0 Å². The summed E-state index contributed by atoms with van der Waals surface area (Å²) in [5.74, 6) is 1.55. The van der Waals surface area contributed by atoms with Gasteiger partial charge in [0.1, 0.15) is 0 Å². The lowest BCUT2D eigenvalue weighted by Crippen LogP contribution is -2.35. The number of pyridine rings is 1. The minimum absolute atomic E-state index is 0.115. The molecular weight excluding hydrogens is 212 g/mol. The number of nitrogens with one attached hydrogen (secondary N) is 1. The van der Waals surface area contributed by atoms with E-state index in [1.54, 1.807) is 6.20 Å². The Morgan fingerprint density at radius 1 is 1.41 bits per heavy atom. The molecule has 0 bridgehead atoms. The van der Waals surface area contributed by atoms with Gasteiger partial charge in [0.25, 0.3) is 0 Å². The molecule has 0 amide bonds. The maximum Gasteiger partial charge on any atom is 0.217 e. The first-order valence-electron chi connectivity index (χ1n) is 6.36. The third kappa shape index (κ3) is 4.35. The van der Waals surface area contributed by atoms with Crippen LogP contribution in [0.3, 0.4) is 0 Å². The summed E-state index contributed by atoms with van der Waals surface area (Å²) in [5.41, 5.74) is 1.26. The minimum atomic E-state index is 0.115. The van der Waals surface area contributed by atoms with Crippen LogP contribution in [-0.4, -0.2) is 17.1 Å². The van der Waals surface area contributed by atoms with Crippen molar-refractivity contribution in [2.75, 3.05) is 6.61 Å². The van der Waals surface area contributed by atoms with Crippen LogP contribution < -0.4 is 10.1 Å². The molecule has 1 aliphatic carbocycles. The Hall–Kier alpha value is -1.09. The summed E-state index contributed by atoms with van der Waals surface area (Å²) in [4.78, 5) is 4.32. The molecule has 3 heteroatoms. The topological polar surface area (TPSA) is 34.2 Å². The van der Waals surface area contributed by atoms with E-state index in [-0.39, 0.29) is 5.54 Å². The molecule has 1 aromatic heterocycles. The third-order valence-electron chi connectivity index (χ3n) is 2.81. The number of hydrogen-bond acceptors (Lipinski definition) is 3. The molecule has 2 rings (SSSR count). The summed E-state index contributed by atoms with van der Waals surface area (Å²) in [6.45, 7) is 8.10.